The molecule has 2 heterocycles. The van der Waals surface area contributed by atoms with E-state index < -0.39 is 0 Å². The Hall–Kier alpha value is -1.85. The van der Waals surface area contributed by atoms with E-state index in [4.69, 9.17) is 0 Å². The Morgan fingerprint density at radius 2 is 2.19 bits per heavy atom. The molecule has 2 N–H and O–H groups in total. The van der Waals surface area contributed by atoms with Crippen molar-refractivity contribution in [3.8, 4) is 11.4 Å². The van der Waals surface area contributed by atoms with Gasteiger partial charge in [-0.05, 0) is 20.8 Å². The summed E-state index contributed by atoms with van der Waals surface area (Å²) in [6.45, 7) is 7.75. The molecule has 2 aromatic rings. The van der Waals surface area contributed by atoms with Gasteiger partial charge in [0.1, 0.15) is 0 Å². The Morgan fingerprint density at radius 3 is 2.75 bits per heavy atom. The Kier molecular flexibility index (Phi) is 2.89. The van der Waals surface area contributed by atoms with Crippen LogP contribution >= 0.6 is 0 Å². The summed E-state index contributed by atoms with van der Waals surface area (Å²) >= 11 is 0. The summed E-state index contributed by atoms with van der Waals surface area (Å²) < 4.78 is 2.04. The Bertz CT molecular complexity index is 469. The van der Waals surface area contributed by atoms with Crippen molar-refractivity contribution in [1.29, 1.82) is 0 Å². The van der Waals surface area contributed by atoms with Crippen molar-refractivity contribution >= 4 is 5.95 Å². The first kappa shape index (κ1) is 10.7. The van der Waals surface area contributed by atoms with Crippen LogP contribution in [0, 0.1) is 6.92 Å². The van der Waals surface area contributed by atoms with Gasteiger partial charge < -0.3 is 5.32 Å². The number of hydrogen-bond donors (Lipinski definition) is 2. The molecule has 0 aliphatic carbocycles. The van der Waals surface area contributed by atoms with Crippen LogP contribution in [0.1, 0.15) is 19.5 Å². The lowest BCUT2D eigenvalue weighted by atomic mass is 10.2. The molecule has 2 rings (SSSR count). The molecule has 0 fully saturated rings. The minimum atomic E-state index is 0.806. The highest BCUT2D eigenvalue weighted by molar-refractivity contribution is 5.58. The minimum Gasteiger partial charge on any atom is -0.355 e. The van der Waals surface area contributed by atoms with Gasteiger partial charge in [0.25, 0.3) is 0 Å². The fourth-order valence-electron chi connectivity index (χ4n) is 1.67. The highest BCUT2D eigenvalue weighted by Gasteiger charge is 2.14. The molecule has 2 aromatic heterocycles. The van der Waals surface area contributed by atoms with Crippen molar-refractivity contribution < 1.29 is 0 Å². The molecule has 0 radical (unpaired) electrons. The Labute approximate surface area is 94.1 Å². The molecule has 6 nitrogen and oxygen atoms in total. The fraction of sp³-hybridized carbons (Fsp3) is 0.500. The van der Waals surface area contributed by atoms with Gasteiger partial charge in [0.15, 0.2) is 5.82 Å². The van der Waals surface area contributed by atoms with E-state index in [0.29, 0.717) is 0 Å². The molecule has 0 amide bonds. The molecular formula is C10H16N6. The summed E-state index contributed by atoms with van der Waals surface area (Å²) in [6, 6.07) is 0. The molecule has 0 atom stereocenters. The molecule has 0 unspecified atom stereocenters. The van der Waals surface area contributed by atoms with Crippen molar-refractivity contribution in [3.05, 3.63) is 11.9 Å². The number of aryl methyl sites for hydroxylation is 1. The molecule has 0 aliphatic rings. The normalized spacial score (nSPS) is 10.7. The summed E-state index contributed by atoms with van der Waals surface area (Å²) in [5, 5.41) is 18.4. The third-order valence-electron chi connectivity index (χ3n) is 2.47. The van der Waals surface area contributed by atoms with Gasteiger partial charge in [0, 0.05) is 18.8 Å². The molecule has 0 bridgehead atoms. The zero-order valence-corrected chi connectivity index (χ0v) is 9.78. The first-order valence-electron chi connectivity index (χ1n) is 5.45. The second-order valence-corrected chi connectivity index (χ2v) is 3.53. The number of aromatic nitrogens is 5. The predicted molar refractivity (Wildman–Crippen MR) is 62.2 cm³/mol. The van der Waals surface area contributed by atoms with Crippen LogP contribution < -0.4 is 5.32 Å². The Morgan fingerprint density at radius 1 is 1.38 bits per heavy atom. The number of anilines is 1. The maximum Gasteiger partial charge on any atom is 0.224 e. The first-order chi connectivity index (χ1) is 7.77. The smallest absolute Gasteiger partial charge is 0.224 e. The van der Waals surface area contributed by atoms with Gasteiger partial charge in [-0.1, -0.05) is 0 Å². The molecule has 0 spiro atoms. The number of aromatic amines is 1. The summed E-state index contributed by atoms with van der Waals surface area (Å²) in [4.78, 5) is 0. The lowest BCUT2D eigenvalue weighted by Crippen LogP contribution is -2.06. The van der Waals surface area contributed by atoms with Gasteiger partial charge in [0.05, 0.1) is 11.8 Å². The lowest BCUT2D eigenvalue weighted by molar-refractivity contribution is 0.770. The molecule has 0 aromatic carbocycles. The maximum absolute atomic E-state index is 4.20. The van der Waals surface area contributed by atoms with Gasteiger partial charge in [-0.15, -0.1) is 10.2 Å². The summed E-state index contributed by atoms with van der Waals surface area (Å²) in [7, 11) is 0. The highest BCUT2D eigenvalue weighted by Crippen LogP contribution is 2.21. The second kappa shape index (κ2) is 4.34. The average Bonchev–Trinajstić information content (AvgIpc) is 2.84. The van der Waals surface area contributed by atoms with E-state index in [9.17, 15) is 0 Å². The van der Waals surface area contributed by atoms with Crippen molar-refractivity contribution in [2.24, 2.45) is 0 Å². The van der Waals surface area contributed by atoms with Gasteiger partial charge in [0.2, 0.25) is 5.95 Å². The summed E-state index contributed by atoms with van der Waals surface area (Å²) in [6.07, 6.45) is 1.78. The molecule has 0 saturated carbocycles. The molecule has 0 saturated heterocycles. The molecule has 86 valence electrons. The lowest BCUT2D eigenvalue weighted by Gasteiger charge is -2.06. The van der Waals surface area contributed by atoms with Crippen LogP contribution in [0.25, 0.3) is 11.4 Å². The van der Waals surface area contributed by atoms with Crippen LogP contribution in [0.4, 0.5) is 5.95 Å². The van der Waals surface area contributed by atoms with E-state index in [2.05, 4.69) is 32.6 Å². The highest BCUT2D eigenvalue weighted by atomic mass is 15.3. The van der Waals surface area contributed by atoms with Crippen LogP contribution in [0.3, 0.4) is 0 Å². The van der Waals surface area contributed by atoms with E-state index in [-0.39, 0.29) is 0 Å². The average molecular weight is 220 g/mol. The quantitative estimate of drug-likeness (QED) is 0.817. The summed E-state index contributed by atoms with van der Waals surface area (Å²) in [5.41, 5.74) is 2.00. The zero-order chi connectivity index (χ0) is 11.5. The minimum absolute atomic E-state index is 0.806. The van der Waals surface area contributed by atoms with Crippen LogP contribution in [-0.2, 0) is 6.54 Å². The molecular weight excluding hydrogens is 204 g/mol. The van der Waals surface area contributed by atoms with E-state index in [1.165, 1.54) is 0 Å². The number of rotatable bonds is 4. The monoisotopic (exact) mass is 220 g/mol. The zero-order valence-electron chi connectivity index (χ0n) is 9.78. The van der Waals surface area contributed by atoms with Crippen molar-refractivity contribution in [3.63, 3.8) is 0 Å². The number of nitrogens with one attached hydrogen (secondary N) is 2. The second-order valence-electron chi connectivity index (χ2n) is 3.53. The van der Waals surface area contributed by atoms with Gasteiger partial charge >= 0.3 is 0 Å². The van der Waals surface area contributed by atoms with E-state index in [1.54, 1.807) is 6.20 Å². The topological polar surface area (TPSA) is 71.4 Å². The van der Waals surface area contributed by atoms with Crippen LogP contribution in [0.2, 0.25) is 0 Å². The van der Waals surface area contributed by atoms with E-state index >= 15 is 0 Å². The van der Waals surface area contributed by atoms with Crippen molar-refractivity contribution in [1.82, 2.24) is 25.0 Å². The molecule has 6 heteroatoms. The molecule has 0 aliphatic heterocycles. The number of H-pyrrole nitrogens is 1. The first-order valence-corrected chi connectivity index (χ1v) is 5.45. The maximum atomic E-state index is 4.20. The van der Waals surface area contributed by atoms with Gasteiger partial charge in [-0.3, -0.25) is 9.67 Å². The van der Waals surface area contributed by atoms with E-state index in [0.717, 1.165) is 36.1 Å². The third-order valence-corrected chi connectivity index (χ3v) is 2.47. The van der Waals surface area contributed by atoms with Gasteiger partial charge in [-0.2, -0.15) is 5.10 Å². The van der Waals surface area contributed by atoms with Crippen LogP contribution in [0.5, 0.6) is 0 Å². The standard InChI is InChI=1S/C10H16N6/c1-4-11-10-15-14-9(16(10)5-2)8-6-12-13-7(8)3/h6H,4-5H2,1-3H3,(H,11,15)(H,12,13). The summed E-state index contributed by atoms with van der Waals surface area (Å²) in [5.74, 6) is 1.66. The third kappa shape index (κ3) is 1.66. The number of hydrogen-bond acceptors (Lipinski definition) is 4. The molecule has 16 heavy (non-hydrogen) atoms. The predicted octanol–water partition coefficient (Wildman–Crippen LogP) is 1.43. The number of nitrogens with zero attached hydrogens (tertiary/aromatic N) is 4. The van der Waals surface area contributed by atoms with Crippen LogP contribution in [0.15, 0.2) is 6.20 Å². The van der Waals surface area contributed by atoms with Crippen LogP contribution in [-0.4, -0.2) is 31.5 Å². The van der Waals surface area contributed by atoms with E-state index in [1.807, 2.05) is 18.4 Å². The largest absolute Gasteiger partial charge is 0.355 e. The van der Waals surface area contributed by atoms with Crippen molar-refractivity contribution in [2.45, 2.75) is 27.3 Å². The van der Waals surface area contributed by atoms with Crippen molar-refractivity contribution in [2.75, 3.05) is 11.9 Å². The fourth-order valence-corrected chi connectivity index (χ4v) is 1.67. The van der Waals surface area contributed by atoms with Gasteiger partial charge in [-0.25, -0.2) is 0 Å². The SMILES string of the molecule is CCNc1nnc(-c2cn[nH]c2C)n1CC. The Balaban J connectivity index is 2.46.